The molecule has 1 unspecified atom stereocenters. The van der Waals surface area contributed by atoms with Gasteiger partial charge in [0, 0.05) is 23.3 Å². The fourth-order valence-electron chi connectivity index (χ4n) is 2.97. The standard InChI is InChI=1S/C18H19ClN2O/c1-13-12-15-7-3-5-9-17(15)21(13)18(22)20-11-10-14-6-2-4-8-16(14)19/h2-9,13H,10-12H2,1H3,(H,20,22). The summed E-state index contributed by atoms with van der Waals surface area (Å²) in [6.45, 7) is 2.65. The molecule has 2 aromatic carbocycles. The van der Waals surface area contributed by atoms with Crippen LogP contribution in [0.15, 0.2) is 48.5 Å². The zero-order chi connectivity index (χ0) is 15.5. The maximum Gasteiger partial charge on any atom is 0.322 e. The molecule has 0 aromatic heterocycles. The van der Waals surface area contributed by atoms with Crippen LogP contribution in [0.5, 0.6) is 0 Å². The fourth-order valence-corrected chi connectivity index (χ4v) is 3.20. The number of amides is 2. The van der Waals surface area contributed by atoms with Gasteiger partial charge in [-0.25, -0.2) is 4.79 Å². The average molecular weight is 315 g/mol. The molecule has 0 saturated carbocycles. The van der Waals surface area contributed by atoms with Crippen LogP contribution in [0.25, 0.3) is 0 Å². The summed E-state index contributed by atoms with van der Waals surface area (Å²) < 4.78 is 0. The molecule has 1 atom stereocenters. The lowest BCUT2D eigenvalue weighted by atomic mass is 10.1. The molecular weight excluding hydrogens is 296 g/mol. The number of nitrogens with zero attached hydrogens (tertiary/aromatic N) is 1. The summed E-state index contributed by atoms with van der Waals surface area (Å²) in [6, 6.07) is 16.0. The molecule has 0 bridgehead atoms. The lowest BCUT2D eigenvalue weighted by Crippen LogP contribution is -2.43. The van der Waals surface area contributed by atoms with Crippen molar-refractivity contribution in [3.8, 4) is 0 Å². The van der Waals surface area contributed by atoms with Crippen LogP contribution in [-0.4, -0.2) is 18.6 Å². The number of fused-ring (bicyclic) bond motifs is 1. The number of para-hydroxylation sites is 1. The van der Waals surface area contributed by atoms with E-state index in [2.05, 4.69) is 18.3 Å². The number of carbonyl (C=O) groups excluding carboxylic acids is 1. The molecule has 0 fully saturated rings. The molecule has 3 nitrogen and oxygen atoms in total. The number of nitrogens with one attached hydrogen (secondary N) is 1. The maximum atomic E-state index is 12.5. The van der Waals surface area contributed by atoms with Crippen molar-refractivity contribution in [2.24, 2.45) is 0 Å². The first-order chi connectivity index (χ1) is 10.7. The van der Waals surface area contributed by atoms with Gasteiger partial charge in [-0.2, -0.15) is 0 Å². The van der Waals surface area contributed by atoms with E-state index < -0.39 is 0 Å². The van der Waals surface area contributed by atoms with Crippen molar-refractivity contribution in [2.45, 2.75) is 25.8 Å². The lowest BCUT2D eigenvalue weighted by Gasteiger charge is -2.23. The SMILES string of the molecule is CC1Cc2ccccc2N1C(=O)NCCc1ccccc1Cl. The van der Waals surface area contributed by atoms with Crippen LogP contribution in [0.2, 0.25) is 5.02 Å². The summed E-state index contributed by atoms with van der Waals surface area (Å²) in [7, 11) is 0. The van der Waals surface area contributed by atoms with Gasteiger partial charge in [0.15, 0.2) is 0 Å². The molecule has 0 radical (unpaired) electrons. The number of halogens is 1. The predicted molar refractivity (Wildman–Crippen MR) is 90.6 cm³/mol. The normalized spacial score (nSPS) is 16.5. The fraction of sp³-hybridized carbons (Fsp3) is 0.278. The van der Waals surface area contributed by atoms with E-state index in [-0.39, 0.29) is 12.1 Å². The molecule has 0 aliphatic carbocycles. The van der Waals surface area contributed by atoms with Gasteiger partial charge in [-0.15, -0.1) is 0 Å². The van der Waals surface area contributed by atoms with Crippen molar-refractivity contribution >= 4 is 23.3 Å². The number of urea groups is 1. The number of carbonyl (C=O) groups is 1. The van der Waals surface area contributed by atoms with Gasteiger partial charge >= 0.3 is 6.03 Å². The molecule has 2 amide bonds. The molecule has 4 heteroatoms. The number of anilines is 1. The van der Waals surface area contributed by atoms with E-state index in [1.165, 1.54) is 5.56 Å². The van der Waals surface area contributed by atoms with Gasteiger partial charge in [0.1, 0.15) is 0 Å². The zero-order valence-corrected chi connectivity index (χ0v) is 13.3. The quantitative estimate of drug-likeness (QED) is 0.911. The van der Waals surface area contributed by atoms with Gasteiger partial charge in [-0.3, -0.25) is 4.90 Å². The van der Waals surface area contributed by atoms with Crippen molar-refractivity contribution in [3.63, 3.8) is 0 Å². The summed E-state index contributed by atoms with van der Waals surface area (Å²) in [4.78, 5) is 14.3. The molecule has 3 rings (SSSR count). The minimum absolute atomic E-state index is 0.0375. The molecule has 1 aliphatic rings. The van der Waals surface area contributed by atoms with Crippen LogP contribution < -0.4 is 10.2 Å². The first kappa shape index (κ1) is 14.9. The molecular formula is C18H19ClN2O. The van der Waals surface area contributed by atoms with Gasteiger partial charge in [-0.05, 0) is 43.0 Å². The molecule has 22 heavy (non-hydrogen) atoms. The molecule has 0 saturated heterocycles. The highest BCUT2D eigenvalue weighted by Gasteiger charge is 2.30. The second-order valence-electron chi connectivity index (χ2n) is 5.63. The Morgan fingerprint density at radius 2 is 1.95 bits per heavy atom. The van der Waals surface area contributed by atoms with Crippen molar-refractivity contribution in [2.75, 3.05) is 11.4 Å². The van der Waals surface area contributed by atoms with Crippen molar-refractivity contribution in [1.29, 1.82) is 0 Å². The van der Waals surface area contributed by atoms with Gasteiger partial charge in [0.2, 0.25) is 0 Å². The highest BCUT2D eigenvalue weighted by Crippen LogP contribution is 2.31. The Balaban J connectivity index is 1.62. The van der Waals surface area contributed by atoms with Gasteiger partial charge in [-0.1, -0.05) is 48.0 Å². The monoisotopic (exact) mass is 314 g/mol. The third-order valence-electron chi connectivity index (χ3n) is 4.05. The first-order valence-corrected chi connectivity index (χ1v) is 7.93. The van der Waals surface area contributed by atoms with Crippen LogP contribution in [0, 0.1) is 0 Å². The molecule has 114 valence electrons. The van der Waals surface area contributed by atoms with Crippen LogP contribution >= 0.6 is 11.6 Å². The Bertz CT molecular complexity index is 686. The third kappa shape index (κ3) is 2.95. The van der Waals surface area contributed by atoms with E-state index >= 15 is 0 Å². The number of rotatable bonds is 3. The molecule has 1 N–H and O–H groups in total. The second-order valence-corrected chi connectivity index (χ2v) is 6.03. The topological polar surface area (TPSA) is 32.3 Å². The summed E-state index contributed by atoms with van der Waals surface area (Å²) in [5, 5.41) is 3.75. The molecule has 0 spiro atoms. The minimum Gasteiger partial charge on any atom is -0.337 e. The Labute approximate surface area is 135 Å². The van der Waals surface area contributed by atoms with E-state index in [0.29, 0.717) is 6.54 Å². The highest BCUT2D eigenvalue weighted by molar-refractivity contribution is 6.31. The first-order valence-electron chi connectivity index (χ1n) is 7.55. The van der Waals surface area contributed by atoms with Crippen LogP contribution in [0.1, 0.15) is 18.1 Å². The Morgan fingerprint density at radius 1 is 1.23 bits per heavy atom. The smallest absolute Gasteiger partial charge is 0.322 e. The van der Waals surface area contributed by atoms with Crippen LogP contribution in [0.4, 0.5) is 10.5 Å². The number of hydrogen-bond donors (Lipinski definition) is 1. The van der Waals surface area contributed by atoms with Crippen molar-refractivity contribution < 1.29 is 4.79 Å². The van der Waals surface area contributed by atoms with Crippen molar-refractivity contribution in [1.82, 2.24) is 5.32 Å². The van der Waals surface area contributed by atoms with E-state index in [1.54, 1.807) is 0 Å². The largest absolute Gasteiger partial charge is 0.337 e. The highest BCUT2D eigenvalue weighted by atomic mass is 35.5. The zero-order valence-electron chi connectivity index (χ0n) is 12.6. The van der Waals surface area contributed by atoms with E-state index in [1.807, 2.05) is 47.4 Å². The summed E-state index contributed by atoms with van der Waals surface area (Å²) in [5.74, 6) is 0. The molecule has 1 heterocycles. The van der Waals surface area contributed by atoms with Gasteiger partial charge in [0.05, 0.1) is 0 Å². The van der Waals surface area contributed by atoms with E-state index in [4.69, 9.17) is 11.6 Å². The minimum atomic E-state index is -0.0375. The number of benzene rings is 2. The van der Waals surface area contributed by atoms with Crippen LogP contribution in [-0.2, 0) is 12.8 Å². The predicted octanol–water partition coefficient (Wildman–Crippen LogP) is 4.04. The third-order valence-corrected chi connectivity index (χ3v) is 4.42. The molecule has 2 aromatic rings. The maximum absolute atomic E-state index is 12.5. The van der Waals surface area contributed by atoms with E-state index in [9.17, 15) is 4.79 Å². The summed E-state index contributed by atoms with van der Waals surface area (Å²) in [5.41, 5.74) is 3.31. The second kappa shape index (κ2) is 6.41. The Morgan fingerprint density at radius 3 is 2.77 bits per heavy atom. The van der Waals surface area contributed by atoms with Gasteiger partial charge in [0.25, 0.3) is 0 Å². The summed E-state index contributed by atoms with van der Waals surface area (Å²) in [6.07, 6.45) is 1.64. The summed E-state index contributed by atoms with van der Waals surface area (Å²) >= 11 is 6.13. The Hall–Kier alpha value is -2.00. The number of hydrogen-bond acceptors (Lipinski definition) is 1. The Kier molecular flexibility index (Phi) is 4.34. The average Bonchev–Trinajstić information content (AvgIpc) is 2.85. The van der Waals surface area contributed by atoms with Gasteiger partial charge < -0.3 is 5.32 Å². The van der Waals surface area contributed by atoms with E-state index in [0.717, 1.165) is 29.1 Å². The van der Waals surface area contributed by atoms with Crippen LogP contribution in [0.3, 0.4) is 0 Å². The lowest BCUT2D eigenvalue weighted by molar-refractivity contribution is 0.245. The molecule has 1 aliphatic heterocycles. The van der Waals surface area contributed by atoms with Crippen molar-refractivity contribution in [3.05, 3.63) is 64.7 Å².